The van der Waals surface area contributed by atoms with Gasteiger partial charge in [0.1, 0.15) is 5.58 Å². The van der Waals surface area contributed by atoms with Gasteiger partial charge in [-0.05, 0) is 74.0 Å². The molecule has 0 saturated heterocycles. The second-order valence-electron chi connectivity index (χ2n) is 8.16. The van der Waals surface area contributed by atoms with Gasteiger partial charge in [0.25, 0.3) is 5.91 Å². The van der Waals surface area contributed by atoms with Gasteiger partial charge in [0.2, 0.25) is 5.76 Å². The maximum absolute atomic E-state index is 13.7. The Morgan fingerprint density at radius 3 is 2.51 bits per heavy atom. The van der Waals surface area contributed by atoms with Crippen molar-refractivity contribution in [3.8, 4) is 11.5 Å². The summed E-state index contributed by atoms with van der Waals surface area (Å²) in [6.45, 7) is 3.59. The Balaban J connectivity index is 1.77. The number of Topliss-reactive ketones (excluding diaryl/α,β-unsaturated/α-hetero) is 1. The summed E-state index contributed by atoms with van der Waals surface area (Å²) in [5, 5.41) is 10.6. The number of halogens is 1. The molecule has 0 radical (unpaired) electrons. The maximum atomic E-state index is 13.7. The average Bonchev–Trinajstić information content (AvgIpc) is 3.13. The number of nitrogens with zero attached hydrogens (tertiary/aromatic N) is 1. The van der Waals surface area contributed by atoms with Crippen LogP contribution in [0.1, 0.15) is 51.9 Å². The van der Waals surface area contributed by atoms with Crippen molar-refractivity contribution in [1.29, 1.82) is 0 Å². The molecule has 8 heteroatoms. The molecule has 0 aliphatic carbocycles. The maximum Gasteiger partial charge on any atom is 0.295 e. The molecule has 2 heterocycles. The van der Waals surface area contributed by atoms with Crippen molar-refractivity contribution in [1.82, 2.24) is 0 Å². The van der Waals surface area contributed by atoms with Gasteiger partial charge >= 0.3 is 0 Å². The summed E-state index contributed by atoms with van der Waals surface area (Å²) in [4.78, 5) is 40.6. The largest absolute Gasteiger partial charge is 0.504 e. The minimum Gasteiger partial charge on any atom is -0.504 e. The van der Waals surface area contributed by atoms with E-state index in [4.69, 9.17) is 9.15 Å². The third-order valence-electron chi connectivity index (χ3n) is 5.98. The van der Waals surface area contributed by atoms with Crippen molar-refractivity contribution in [2.45, 2.75) is 19.9 Å². The highest BCUT2D eigenvalue weighted by Gasteiger charge is 2.44. The van der Waals surface area contributed by atoms with Gasteiger partial charge in [0, 0.05) is 15.7 Å². The molecule has 7 nitrogen and oxygen atoms in total. The Labute approximate surface area is 208 Å². The van der Waals surface area contributed by atoms with Gasteiger partial charge in [0.15, 0.2) is 22.7 Å². The number of carbonyl (C=O) groups is 2. The van der Waals surface area contributed by atoms with Crippen LogP contribution in [0.3, 0.4) is 0 Å². The highest BCUT2D eigenvalue weighted by molar-refractivity contribution is 9.10. The molecule has 1 unspecified atom stereocenters. The van der Waals surface area contributed by atoms with Crippen molar-refractivity contribution in [3.63, 3.8) is 0 Å². The normalized spacial score (nSPS) is 14.9. The molecule has 0 fully saturated rings. The lowest BCUT2D eigenvalue weighted by atomic mass is 9.97. The number of aromatic hydroxyl groups is 1. The molecule has 176 valence electrons. The van der Waals surface area contributed by atoms with E-state index >= 15 is 0 Å². The zero-order valence-electron chi connectivity index (χ0n) is 18.9. The molecule has 0 saturated carbocycles. The smallest absolute Gasteiger partial charge is 0.295 e. The number of phenols is 1. The minimum absolute atomic E-state index is 0.0449. The number of benzene rings is 3. The van der Waals surface area contributed by atoms with Crippen molar-refractivity contribution in [2.75, 3.05) is 11.5 Å². The number of carbonyl (C=O) groups excluding carboxylic acids is 2. The molecular formula is C27H20BrNO6. The van der Waals surface area contributed by atoms with Gasteiger partial charge < -0.3 is 14.3 Å². The van der Waals surface area contributed by atoms with Crippen LogP contribution >= 0.6 is 15.9 Å². The van der Waals surface area contributed by atoms with E-state index in [1.54, 1.807) is 61.5 Å². The summed E-state index contributed by atoms with van der Waals surface area (Å²) < 4.78 is 12.2. The number of ether oxygens (including phenoxy) is 1. The van der Waals surface area contributed by atoms with Crippen LogP contribution < -0.4 is 15.1 Å². The fraction of sp³-hybridized carbons (Fsp3) is 0.148. The lowest BCUT2D eigenvalue weighted by molar-refractivity contribution is 0.0970. The second-order valence-corrected chi connectivity index (χ2v) is 9.07. The van der Waals surface area contributed by atoms with Crippen LogP contribution in [0.15, 0.2) is 74.3 Å². The summed E-state index contributed by atoms with van der Waals surface area (Å²) in [6.07, 6.45) is 0. The SMILES string of the molecule is CCOc1cc(C2c3c(oc4ccc(Br)cc4c3=O)C(=O)N2c2ccc(C(C)=O)cc2)ccc1O. The van der Waals surface area contributed by atoms with Gasteiger partial charge in [-0.3, -0.25) is 19.3 Å². The van der Waals surface area contributed by atoms with Crippen molar-refractivity contribution >= 4 is 44.3 Å². The van der Waals surface area contributed by atoms with Gasteiger partial charge in [0.05, 0.1) is 23.6 Å². The van der Waals surface area contributed by atoms with Crippen molar-refractivity contribution < 1.29 is 23.8 Å². The monoisotopic (exact) mass is 533 g/mol. The van der Waals surface area contributed by atoms with Gasteiger partial charge in [-0.15, -0.1) is 0 Å². The Morgan fingerprint density at radius 2 is 1.83 bits per heavy atom. The molecule has 1 aliphatic rings. The van der Waals surface area contributed by atoms with Crippen LogP contribution in [0.4, 0.5) is 5.69 Å². The predicted molar refractivity (Wildman–Crippen MR) is 135 cm³/mol. The minimum atomic E-state index is -0.833. The molecule has 1 aliphatic heterocycles. The fourth-order valence-corrected chi connectivity index (χ4v) is 4.72. The summed E-state index contributed by atoms with van der Waals surface area (Å²) in [7, 11) is 0. The summed E-state index contributed by atoms with van der Waals surface area (Å²) in [6, 6.07) is 15.5. The molecule has 1 amide bonds. The number of hydrogen-bond donors (Lipinski definition) is 1. The quantitative estimate of drug-likeness (QED) is 0.335. The lowest BCUT2D eigenvalue weighted by Gasteiger charge is -2.26. The Bertz CT molecular complexity index is 1560. The average molecular weight is 534 g/mol. The van der Waals surface area contributed by atoms with Crippen LogP contribution in [-0.4, -0.2) is 23.4 Å². The second kappa shape index (κ2) is 8.70. The molecule has 35 heavy (non-hydrogen) atoms. The number of rotatable bonds is 5. The van der Waals surface area contributed by atoms with Gasteiger partial charge in [-0.2, -0.15) is 0 Å². The van der Waals surface area contributed by atoms with E-state index in [-0.39, 0.29) is 34.0 Å². The molecule has 0 spiro atoms. The van der Waals surface area contributed by atoms with Gasteiger partial charge in [-0.1, -0.05) is 22.0 Å². The van der Waals surface area contributed by atoms with Gasteiger partial charge in [-0.25, -0.2) is 0 Å². The molecular weight excluding hydrogens is 514 g/mol. The van der Waals surface area contributed by atoms with Crippen molar-refractivity contribution in [2.24, 2.45) is 0 Å². The summed E-state index contributed by atoms with van der Waals surface area (Å²) in [5.41, 5.74) is 1.74. The molecule has 1 N–H and O–H groups in total. The number of hydrogen-bond acceptors (Lipinski definition) is 6. The van der Waals surface area contributed by atoms with E-state index in [0.717, 1.165) is 0 Å². The lowest BCUT2D eigenvalue weighted by Crippen LogP contribution is -2.29. The van der Waals surface area contributed by atoms with Crippen LogP contribution in [0.2, 0.25) is 0 Å². The van der Waals surface area contributed by atoms with E-state index in [9.17, 15) is 19.5 Å². The van der Waals surface area contributed by atoms with Crippen LogP contribution in [0, 0.1) is 0 Å². The van der Waals surface area contributed by atoms with Crippen LogP contribution in [-0.2, 0) is 0 Å². The fourth-order valence-electron chi connectivity index (χ4n) is 4.36. The molecule has 4 aromatic rings. The Hall–Kier alpha value is -3.91. The van der Waals surface area contributed by atoms with Crippen LogP contribution in [0.25, 0.3) is 11.0 Å². The van der Waals surface area contributed by atoms with E-state index in [1.807, 2.05) is 0 Å². The topological polar surface area (TPSA) is 97.0 Å². The standard InChI is InChI=1S/C27H20BrNO6/c1-3-34-22-12-16(6-10-20(22)31)24-23-25(32)19-13-17(28)7-11-21(19)35-26(23)27(33)29(24)18-8-4-15(5-9-18)14(2)30/h4-13,24,31H,3H2,1-2H3. The van der Waals surface area contributed by atoms with Crippen molar-refractivity contribution in [3.05, 3.63) is 97.8 Å². The highest BCUT2D eigenvalue weighted by Crippen LogP contribution is 2.43. The first-order valence-electron chi connectivity index (χ1n) is 11.0. The molecule has 5 rings (SSSR count). The Kier molecular flexibility index (Phi) is 5.68. The zero-order valence-corrected chi connectivity index (χ0v) is 20.5. The first-order chi connectivity index (χ1) is 16.8. The number of amides is 1. The molecule has 1 atom stereocenters. The van der Waals surface area contributed by atoms with E-state index in [1.165, 1.54) is 17.9 Å². The molecule has 0 bridgehead atoms. The summed E-state index contributed by atoms with van der Waals surface area (Å²) >= 11 is 3.39. The number of phenolic OH excluding ortho intramolecular Hbond substituents is 1. The summed E-state index contributed by atoms with van der Waals surface area (Å²) in [5.74, 6) is -0.430. The highest BCUT2D eigenvalue weighted by atomic mass is 79.9. The number of anilines is 1. The number of fused-ring (bicyclic) bond motifs is 2. The first-order valence-corrected chi connectivity index (χ1v) is 11.8. The first kappa shape index (κ1) is 22.9. The van der Waals surface area contributed by atoms with E-state index in [0.29, 0.717) is 38.9 Å². The molecule has 3 aromatic carbocycles. The zero-order chi connectivity index (χ0) is 24.9. The van der Waals surface area contributed by atoms with Crippen LogP contribution in [0.5, 0.6) is 11.5 Å². The van der Waals surface area contributed by atoms with E-state index < -0.39 is 11.9 Å². The third-order valence-corrected chi connectivity index (χ3v) is 6.48. The number of ketones is 1. The Morgan fingerprint density at radius 1 is 1.09 bits per heavy atom. The molecule has 1 aromatic heterocycles. The predicted octanol–water partition coefficient (Wildman–Crippen LogP) is 5.61. The van der Waals surface area contributed by atoms with E-state index in [2.05, 4.69) is 15.9 Å². The third kappa shape index (κ3) is 3.80.